The maximum atomic E-state index is 13.0. The highest BCUT2D eigenvalue weighted by molar-refractivity contribution is 6.39. The first-order valence-electron chi connectivity index (χ1n) is 8.65. The molecule has 2 aromatic heterocycles. The van der Waals surface area contributed by atoms with Gasteiger partial charge in [0.25, 0.3) is 5.91 Å². The number of fused-ring (bicyclic) bond motifs is 1. The molecule has 4 aromatic rings. The summed E-state index contributed by atoms with van der Waals surface area (Å²) in [6, 6.07) is 14.3. The van der Waals surface area contributed by atoms with Crippen molar-refractivity contribution in [2.45, 2.75) is 19.9 Å². The van der Waals surface area contributed by atoms with Crippen LogP contribution in [0.5, 0.6) is 0 Å². The number of halogens is 2. The zero-order valence-electron chi connectivity index (χ0n) is 15.1. The highest BCUT2D eigenvalue weighted by atomic mass is 35.5. The smallest absolute Gasteiger partial charge is 0.257 e. The summed E-state index contributed by atoms with van der Waals surface area (Å²) in [5.41, 5.74) is 1.83. The molecular weight excluding hydrogens is 399 g/mol. The average molecular weight is 415 g/mol. The van der Waals surface area contributed by atoms with Gasteiger partial charge in [0, 0.05) is 10.9 Å². The van der Waals surface area contributed by atoms with Gasteiger partial charge in [0.05, 0.1) is 16.1 Å². The van der Waals surface area contributed by atoms with Crippen molar-refractivity contribution in [2.24, 2.45) is 0 Å². The molecule has 0 saturated carbocycles. The van der Waals surface area contributed by atoms with Crippen LogP contribution < -0.4 is 5.32 Å². The number of furan rings is 1. The molecule has 28 heavy (non-hydrogen) atoms. The third kappa shape index (κ3) is 3.28. The fraction of sp³-hybridized carbons (Fsp3) is 0.143. The number of nitrogens with one attached hydrogen (secondary N) is 1. The number of rotatable bonds is 4. The molecule has 0 saturated heterocycles. The minimum atomic E-state index is -0.358. The fourth-order valence-electron chi connectivity index (χ4n) is 3.09. The van der Waals surface area contributed by atoms with Crippen LogP contribution in [0.2, 0.25) is 10.0 Å². The number of benzene rings is 2. The van der Waals surface area contributed by atoms with Gasteiger partial charge in [0.1, 0.15) is 28.4 Å². The number of carbonyl (C=O) groups is 1. The number of para-hydroxylation sites is 1. The number of aromatic nitrogens is 1. The second kappa shape index (κ2) is 7.34. The average Bonchev–Trinajstić information content (AvgIpc) is 3.25. The second-order valence-corrected chi connectivity index (χ2v) is 7.26. The molecule has 0 radical (unpaired) electrons. The van der Waals surface area contributed by atoms with Gasteiger partial charge >= 0.3 is 0 Å². The van der Waals surface area contributed by atoms with Crippen LogP contribution in [0.15, 0.2) is 57.5 Å². The first-order valence-corrected chi connectivity index (χ1v) is 9.41. The minimum absolute atomic E-state index is 0.290. The molecule has 0 unspecified atom stereocenters. The second-order valence-electron chi connectivity index (χ2n) is 6.44. The van der Waals surface area contributed by atoms with E-state index in [4.69, 9.17) is 32.1 Å². The molecule has 1 amide bonds. The molecule has 0 fully saturated rings. The lowest BCUT2D eigenvalue weighted by Crippen LogP contribution is -2.27. The molecule has 5 nitrogen and oxygen atoms in total. The third-order valence-electron chi connectivity index (χ3n) is 4.51. The molecule has 1 N–H and O–H groups in total. The Bertz CT molecular complexity index is 1130. The largest absolute Gasteiger partial charge is 0.459 e. The molecule has 0 aliphatic carbocycles. The molecule has 0 spiro atoms. The molecule has 7 heteroatoms. The van der Waals surface area contributed by atoms with E-state index in [2.05, 4.69) is 10.5 Å². The van der Waals surface area contributed by atoms with Crippen LogP contribution >= 0.6 is 23.2 Å². The summed E-state index contributed by atoms with van der Waals surface area (Å²) in [7, 11) is 0. The van der Waals surface area contributed by atoms with Crippen LogP contribution in [-0.4, -0.2) is 11.1 Å². The van der Waals surface area contributed by atoms with Crippen molar-refractivity contribution in [3.63, 3.8) is 0 Å². The predicted octanol–water partition coefficient (Wildman–Crippen LogP) is 6.19. The first-order chi connectivity index (χ1) is 13.5. The van der Waals surface area contributed by atoms with Gasteiger partial charge in [-0.15, -0.1) is 0 Å². The standard InChI is InChI=1S/C21H16Cl2N2O3/c1-11(17-10-13-6-3-4-9-16(13)27-17)24-21(26)18-12(2)28-25-20(18)19-14(22)7-5-8-15(19)23/h3-11H,1-2H3,(H,24,26)/t11-/m0/s1. The van der Waals surface area contributed by atoms with Gasteiger partial charge in [-0.3, -0.25) is 4.79 Å². The van der Waals surface area contributed by atoms with Crippen molar-refractivity contribution >= 4 is 40.1 Å². The van der Waals surface area contributed by atoms with Crippen molar-refractivity contribution in [2.75, 3.05) is 0 Å². The van der Waals surface area contributed by atoms with E-state index in [1.165, 1.54) is 0 Å². The Morgan fingerprint density at radius 3 is 2.54 bits per heavy atom. The molecule has 1 atom stereocenters. The first kappa shape index (κ1) is 18.6. The molecule has 142 valence electrons. The van der Waals surface area contributed by atoms with E-state index < -0.39 is 0 Å². The summed E-state index contributed by atoms with van der Waals surface area (Å²) in [6.07, 6.45) is 0. The van der Waals surface area contributed by atoms with E-state index in [1.807, 2.05) is 37.3 Å². The normalized spacial score (nSPS) is 12.3. The highest BCUT2D eigenvalue weighted by Crippen LogP contribution is 2.37. The predicted molar refractivity (Wildman–Crippen MR) is 109 cm³/mol. The number of aryl methyl sites for hydroxylation is 1. The minimum Gasteiger partial charge on any atom is -0.459 e. The molecule has 2 aromatic carbocycles. The molecule has 4 rings (SSSR count). The lowest BCUT2D eigenvalue weighted by molar-refractivity contribution is 0.0934. The number of nitrogens with zero attached hydrogens (tertiary/aromatic N) is 1. The van der Waals surface area contributed by atoms with E-state index in [0.717, 1.165) is 11.0 Å². The quantitative estimate of drug-likeness (QED) is 0.431. The van der Waals surface area contributed by atoms with E-state index in [1.54, 1.807) is 25.1 Å². The molecule has 0 aliphatic heterocycles. The summed E-state index contributed by atoms with van der Waals surface area (Å²) in [6.45, 7) is 3.52. The van der Waals surface area contributed by atoms with Crippen LogP contribution in [0, 0.1) is 6.92 Å². The van der Waals surface area contributed by atoms with Crippen molar-refractivity contribution < 1.29 is 13.7 Å². The maximum absolute atomic E-state index is 13.0. The van der Waals surface area contributed by atoms with Gasteiger partial charge in [-0.2, -0.15) is 0 Å². The van der Waals surface area contributed by atoms with Crippen molar-refractivity contribution in [3.05, 3.63) is 75.7 Å². The van der Waals surface area contributed by atoms with Crippen molar-refractivity contribution in [3.8, 4) is 11.3 Å². The van der Waals surface area contributed by atoms with Crippen molar-refractivity contribution in [1.29, 1.82) is 0 Å². The van der Waals surface area contributed by atoms with Gasteiger partial charge in [0.15, 0.2) is 0 Å². The number of hydrogen-bond acceptors (Lipinski definition) is 4. The topological polar surface area (TPSA) is 68.3 Å². The SMILES string of the molecule is Cc1onc(-c2c(Cl)cccc2Cl)c1C(=O)N[C@@H](C)c1cc2ccccc2o1. The summed E-state index contributed by atoms with van der Waals surface area (Å²) >= 11 is 12.6. The van der Waals surface area contributed by atoms with Crippen LogP contribution in [0.1, 0.15) is 34.8 Å². The Kier molecular flexibility index (Phi) is 4.87. The summed E-state index contributed by atoms with van der Waals surface area (Å²) < 4.78 is 11.1. The Labute approximate surface area is 171 Å². The Morgan fingerprint density at radius 2 is 1.82 bits per heavy atom. The van der Waals surface area contributed by atoms with Gasteiger partial charge in [0.2, 0.25) is 0 Å². The van der Waals surface area contributed by atoms with Gasteiger partial charge in [-0.05, 0) is 38.1 Å². The maximum Gasteiger partial charge on any atom is 0.257 e. The summed E-state index contributed by atoms with van der Waals surface area (Å²) in [4.78, 5) is 13.0. The van der Waals surface area contributed by atoms with E-state index in [0.29, 0.717) is 32.8 Å². The zero-order valence-corrected chi connectivity index (χ0v) is 16.6. The lowest BCUT2D eigenvalue weighted by Gasteiger charge is -2.12. The van der Waals surface area contributed by atoms with Crippen LogP contribution in [-0.2, 0) is 0 Å². The van der Waals surface area contributed by atoms with E-state index >= 15 is 0 Å². The van der Waals surface area contributed by atoms with E-state index in [9.17, 15) is 4.79 Å². The summed E-state index contributed by atoms with van der Waals surface area (Å²) in [5, 5.41) is 8.70. The monoisotopic (exact) mass is 414 g/mol. The molecular formula is C21H16Cl2N2O3. The van der Waals surface area contributed by atoms with Crippen LogP contribution in [0.3, 0.4) is 0 Å². The van der Waals surface area contributed by atoms with Crippen molar-refractivity contribution in [1.82, 2.24) is 10.5 Å². The van der Waals surface area contributed by atoms with E-state index in [-0.39, 0.29) is 17.5 Å². The zero-order chi connectivity index (χ0) is 19.8. The van der Waals surface area contributed by atoms with Crippen LogP contribution in [0.25, 0.3) is 22.2 Å². The molecule has 0 aliphatic rings. The third-order valence-corrected chi connectivity index (χ3v) is 5.14. The number of hydrogen-bond donors (Lipinski definition) is 1. The Hall–Kier alpha value is -2.76. The Morgan fingerprint density at radius 1 is 1.11 bits per heavy atom. The van der Waals surface area contributed by atoms with Gasteiger partial charge in [-0.25, -0.2) is 0 Å². The van der Waals surface area contributed by atoms with Crippen LogP contribution in [0.4, 0.5) is 0 Å². The highest BCUT2D eigenvalue weighted by Gasteiger charge is 2.26. The van der Waals surface area contributed by atoms with Gasteiger partial charge < -0.3 is 14.3 Å². The number of amides is 1. The lowest BCUT2D eigenvalue weighted by atomic mass is 10.0. The fourth-order valence-corrected chi connectivity index (χ4v) is 3.67. The number of carbonyl (C=O) groups excluding carboxylic acids is 1. The summed E-state index contributed by atoms with van der Waals surface area (Å²) in [5.74, 6) is 0.680. The molecule has 0 bridgehead atoms. The van der Waals surface area contributed by atoms with Gasteiger partial charge in [-0.1, -0.05) is 52.6 Å². The Balaban J connectivity index is 1.66. The molecule has 2 heterocycles.